The summed E-state index contributed by atoms with van der Waals surface area (Å²) in [6.07, 6.45) is 3.25. The number of carbonyl (C=O) groups is 2. The van der Waals surface area contributed by atoms with Gasteiger partial charge in [0.05, 0.1) is 12.7 Å². The first-order valence-corrected chi connectivity index (χ1v) is 4.72. The van der Waals surface area contributed by atoms with Crippen molar-refractivity contribution in [3.8, 4) is 0 Å². The highest BCUT2D eigenvalue weighted by Gasteiger charge is 2.44. The maximum Gasteiger partial charge on any atom is 0.205 e. The lowest BCUT2D eigenvalue weighted by Crippen LogP contribution is -2.16. The van der Waals surface area contributed by atoms with Gasteiger partial charge in [0.15, 0.2) is 5.76 Å². The Morgan fingerprint density at radius 3 is 2.71 bits per heavy atom. The van der Waals surface area contributed by atoms with Crippen LogP contribution in [0.3, 0.4) is 0 Å². The van der Waals surface area contributed by atoms with Crippen LogP contribution in [0.1, 0.15) is 36.7 Å². The molecule has 1 aromatic heterocycles. The minimum absolute atomic E-state index is 0.0238. The maximum atomic E-state index is 11.6. The molecule has 1 fully saturated rings. The van der Waals surface area contributed by atoms with Crippen molar-refractivity contribution in [2.45, 2.75) is 26.2 Å². The van der Waals surface area contributed by atoms with E-state index in [1.807, 2.05) is 6.92 Å². The van der Waals surface area contributed by atoms with Gasteiger partial charge in [0.2, 0.25) is 5.78 Å². The highest BCUT2D eigenvalue weighted by Crippen LogP contribution is 2.46. The molecule has 1 aliphatic rings. The molecule has 3 heteroatoms. The van der Waals surface area contributed by atoms with Gasteiger partial charge in [0, 0.05) is 5.41 Å². The second-order valence-electron chi connectivity index (χ2n) is 4.06. The summed E-state index contributed by atoms with van der Waals surface area (Å²) in [5.41, 5.74) is -0.220. The average Bonchev–Trinajstić information content (AvgIpc) is 2.71. The van der Waals surface area contributed by atoms with Gasteiger partial charge in [0.1, 0.15) is 5.78 Å². The first-order valence-electron chi connectivity index (χ1n) is 4.72. The maximum absolute atomic E-state index is 11.6. The van der Waals surface area contributed by atoms with Crippen molar-refractivity contribution in [3.05, 3.63) is 24.2 Å². The normalized spacial score (nSPS) is 17.8. The molecule has 0 aliphatic heterocycles. The summed E-state index contributed by atoms with van der Waals surface area (Å²) in [7, 11) is 0. The Kier molecular flexibility index (Phi) is 2.02. The van der Waals surface area contributed by atoms with Gasteiger partial charge in [0.25, 0.3) is 0 Å². The quantitative estimate of drug-likeness (QED) is 0.542. The highest BCUT2D eigenvalue weighted by molar-refractivity contribution is 6.08. The smallest absolute Gasteiger partial charge is 0.205 e. The Morgan fingerprint density at radius 1 is 1.50 bits per heavy atom. The molecule has 1 saturated carbocycles. The molecule has 2 rings (SSSR count). The van der Waals surface area contributed by atoms with Gasteiger partial charge in [-0.1, -0.05) is 6.92 Å². The van der Waals surface area contributed by atoms with E-state index in [4.69, 9.17) is 4.42 Å². The van der Waals surface area contributed by atoms with Crippen molar-refractivity contribution in [1.82, 2.24) is 0 Å². The molecule has 0 radical (unpaired) electrons. The van der Waals surface area contributed by atoms with Crippen LogP contribution >= 0.6 is 0 Å². The van der Waals surface area contributed by atoms with E-state index in [-0.39, 0.29) is 29.2 Å². The Bertz CT molecular complexity index is 358. The minimum atomic E-state index is -0.220. The molecule has 0 aromatic carbocycles. The lowest BCUT2D eigenvalue weighted by molar-refractivity contribution is -0.122. The van der Waals surface area contributed by atoms with Crippen molar-refractivity contribution >= 4 is 11.6 Å². The zero-order valence-electron chi connectivity index (χ0n) is 8.08. The van der Waals surface area contributed by atoms with Crippen molar-refractivity contribution in [3.63, 3.8) is 0 Å². The third-order valence-electron chi connectivity index (χ3n) is 2.79. The van der Waals surface area contributed by atoms with E-state index in [9.17, 15) is 9.59 Å². The third kappa shape index (κ3) is 1.62. The topological polar surface area (TPSA) is 47.3 Å². The fourth-order valence-corrected chi connectivity index (χ4v) is 1.35. The number of carbonyl (C=O) groups excluding carboxylic acids is 2. The Balaban J connectivity index is 1.98. The van der Waals surface area contributed by atoms with E-state index in [0.717, 1.165) is 12.8 Å². The second-order valence-corrected chi connectivity index (χ2v) is 4.06. The Morgan fingerprint density at radius 2 is 2.21 bits per heavy atom. The molecule has 1 heterocycles. The molecule has 1 aliphatic carbocycles. The van der Waals surface area contributed by atoms with E-state index >= 15 is 0 Å². The predicted molar refractivity (Wildman–Crippen MR) is 50.0 cm³/mol. The van der Waals surface area contributed by atoms with Crippen molar-refractivity contribution in [2.75, 3.05) is 0 Å². The van der Waals surface area contributed by atoms with E-state index in [1.165, 1.54) is 6.26 Å². The fraction of sp³-hybridized carbons (Fsp3) is 0.455. The van der Waals surface area contributed by atoms with Crippen LogP contribution in [0.4, 0.5) is 0 Å². The molecule has 0 N–H and O–H groups in total. The van der Waals surface area contributed by atoms with Crippen LogP contribution in [0.15, 0.2) is 22.8 Å². The summed E-state index contributed by atoms with van der Waals surface area (Å²) in [6, 6.07) is 3.24. The molecule has 3 nitrogen and oxygen atoms in total. The molecule has 0 saturated heterocycles. The Hall–Kier alpha value is -1.38. The molecule has 14 heavy (non-hydrogen) atoms. The summed E-state index contributed by atoms with van der Waals surface area (Å²) in [4.78, 5) is 23.0. The molecule has 1 aromatic rings. The number of Topliss-reactive ketones (excluding diaryl/α,β-unsaturated/α-hetero) is 2. The van der Waals surface area contributed by atoms with Gasteiger partial charge < -0.3 is 4.42 Å². The summed E-state index contributed by atoms with van der Waals surface area (Å²) in [5.74, 6) is 0.106. The summed E-state index contributed by atoms with van der Waals surface area (Å²) in [5, 5.41) is 0. The number of furan rings is 1. The van der Waals surface area contributed by atoms with Gasteiger partial charge in [-0.25, -0.2) is 0 Å². The predicted octanol–water partition coefficient (Wildman–Crippen LogP) is 2.22. The molecular weight excluding hydrogens is 180 g/mol. The van der Waals surface area contributed by atoms with Gasteiger partial charge in [-0.3, -0.25) is 9.59 Å². The van der Waals surface area contributed by atoms with Gasteiger partial charge >= 0.3 is 0 Å². The van der Waals surface area contributed by atoms with Crippen LogP contribution in [0.25, 0.3) is 0 Å². The lowest BCUT2D eigenvalue weighted by Gasteiger charge is -2.04. The monoisotopic (exact) mass is 192 g/mol. The fourth-order valence-electron chi connectivity index (χ4n) is 1.35. The summed E-state index contributed by atoms with van der Waals surface area (Å²) >= 11 is 0. The highest BCUT2D eigenvalue weighted by atomic mass is 16.3. The number of rotatable bonds is 4. The van der Waals surface area contributed by atoms with Crippen molar-refractivity contribution in [1.29, 1.82) is 0 Å². The first kappa shape index (κ1) is 9.19. The first-order chi connectivity index (χ1) is 6.62. The molecule has 0 bridgehead atoms. The number of hydrogen-bond acceptors (Lipinski definition) is 3. The van der Waals surface area contributed by atoms with E-state index in [1.54, 1.807) is 12.1 Å². The summed E-state index contributed by atoms with van der Waals surface area (Å²) < 4.78 is 4.93. The van der Waals surface area contributed by atoms with Gasteiger partial charge in [-0.15, -0.1) is 0 Å². The van der Waals surface area contributed by atoms with E-state index in [2.05, 4.69) is 0 Å². The minimum Gasteiger partial charge on any atom is -0.461 e. The SMILES string of the molecule is CC1(C(=O)CC(=O)c2ccco2)CC1. The molecule has 0 atom stereocenters. The Labute approximate surface area is 82.1 Å². The zero-order chi connectivity index (χ0) is 10.2. The van der Waals surface area contributed by atoms with Crippen LogP contribution in [-0.4, -0.2) is 11.6 Å². The zero-order valence-corrected chi connectivity index (χ0v) is 8.08. The van der Waals surface area contributed by atoms with Crippen LogP contribution in [0, 0.1) is 5.41 Å². The second kappa shape index (κ2) is 3.08. The number of ketones is 2. The largest absolute Gasteiger partial charge is 0.461 e. The van der Waals surface area contributed by atoms with Crippen LogP contribution < -0.4 is 0 Å². The van der Waals surface area contributed by atoms with Crippen molar-refractivity contribution < 1.29 is 14.0 Å². The van der Waals surface area contributed by atoms with E-state index < -0.39 is 0 Å². The standard InChI is InChI=1S/C11H12O3/c1-11(4-5-11)10(13)7-8(12)9-3-2-6-14-9/h2-3,6H,4-5,7H2,1H3. The van der Waals surface area contributed by atoms with Gasteiger partial charge in [-0.05, 0) is 25.0 Å². The molecule has 0 unspecified atom stereocenters. The van der Waals surface area contributed by atoms with Gasteiger partial charge in [-0.2, -0.15) is 0 Å². The molecular formula is C11H12O3. The molecule has 74 valence electrons. The van der Waals surface area contributed by atoms with Crippen LogP contribution in [0.2, 0.25) is 0 Å². The molecule has 0 spiro atoms. The third-order valence-corrected chi connectivity index (χ3v) is 2.79. The lowest BCUT2D eigenvalue weighted by atomic mass is 9.98. The van der Waals surface area contributed by atoms with Crippen LogP contribution in [-0.2, 0) is 4.79 Å². The van der Waals surface area contributed by atoms with Crippen molar-refractivity contribution in [2.24, 2.45) is 5.41 Å². The van der Waals surface area contributed by atoms with Crippen LogP contribution in [0.5, 0.6) is 0 Å². The number of hydrogen-bond donors (Lipinski definition) is 0. The van der Waals surface area contributed by atoms with E-state index in [0.29, 0.717) is 0 Å². The molecule has 0 amide bonds. The average molecular weight is 192 g/mol. The summed E-state index contributed by atoms with van der Waals surface area (Å²) in [6.45, 7) is 1.91.